The van der Waals surface area contributed by atoms with Crippen LogP contribution in [-0.2, 0) is 0 Å². The Hall–Kier alpha value is -3.47. The monoisotopic (exact) mass is 313 g/mol. The minimum atomic E-state index is -0.436. The van der Waals surface area contributed by atoms with Crippen LogP contribution in [0.15, 0.2) is 57.7 Å². The Balaban J connectivity index is 2.09. The summed E-state index contributed by atoms with van der Waals surface area (Å²) in [6, 6.07) is 16.1. The normalized spacial score (nSPS) is 12.3. The number of aromatic nitrogens is 3. The van der Waals surface area contributed by atoms with Crippen molar-refractivity contribution in [1.29, 1.82) is 0 Å². The van der Waals surface area contributed by atoms with Gasteiger partial charge in [0, 0.05) is 27.2 Å². The van der Waals surface area contributed by atoms with Gasteiger partial charge in [-0.25, -0.2) is 4.79 Å². The van der Waals surface area contributed by atoms with Crippen molar-refractivity contribution in [3.63, 3.8) is 0 Å². The van der Waals surface area contributed by atoms with Crippen LogP contribution in [-0.4, -0.2) is 15.0 Å². The first-order chi connectivity index (χ1) is 11.8. The standard InChI is InChI=1S/C19H11N3O2/c23-19-22-17-13-9-5-1-3-7-11(9)20-15(13)16-14(18(17)24-19)10-6-2-4-8-12(10)21-16/h1-8,20-21H,(H,22,23). The molecule has 6 rings (SSSR count). The number of oxazole rings is 1. The van der Waals surface area contributed by atoms with Crippen molar-refractivity contribution in [2.75, 3.05) is 0 Å². The van der Waals surface area contributed by atoms with Gasteiger partial charge >= 0.3 is 5.76 Å². The molecule has 0 atom stereocenters. The molecule has 0 aliphatic heterocycles. The van der Waals surface area contributed by atoms with E-state index in [1.165, 1.54) is 0 Å². The summed E-state index contributed by atoms with van der Waals surface area (Å²) < 4.78 is 5.53. The molecular weight excluding hydrogens is 302 g/mol. The molecule has 0 radical (unpaired) electrons. The number of aromatic amines is 3. The van der Waals surface area contributed by atoms with Crippen molar-refractivity contribution in [3.05, 3.63) is 59.1 Å². The van der Waals surface area contributed by atoms with E-state index >= 15 is 0 Å². The number of fused-ring (bicyclic) bond motifs is 10. The highest BCUT2D eigenvalue weighted by Gasteiger charge is 2.20. The van der Waals surface area contributed by atoms with Crippen molar-refractivity contribution in [3.8, 4) is 0 Å². The molecule has 3 aromatic heterocycles. The SMILES string of the molecule is O=c1[nH]c2c(o1)c1c3ccccc3[nH]c1c1[nH]c3ccccc3c12. The molecule has 0 fully saturated rings. The fourth-order valence-corrected chi connectivity index (χ4v) is 3.83. The van der Waals surface area contributed by atoms with Crippen molar-refractivity contribution in [2.24, 2.45) is 0 Å². The molecule has 6 aromatic rings. The van der Waals surface area contributed by atoms with Crippen molar-refractivity contribution < 1.29 is 4.42 Å². The second-order valence-electron chi connectivity index (χ2n) is 6.06. The molecule has 0 aliphatic carbocycles. The summed E-state index contributed by atoms with van der Waals surface area (Å²) in [6.07, 6.45) is 0. The van der Waals surface area contributed by atoms with Gasteiger partial charge in [0.2, 0.25) is 0 Å². The van der Waals surface area contributed by atoms with Crippen LogP contribution in [0.3, 0.4) is 0 Å². The maximum Gasteiger partial charge on any atom is 0.417 e. The zero-order chi connectivity index (χ0) is 15.8. The number of H-pyrrole nitrogens is 3. The van der Waals surface area contributed by atoms with Gasteiger partial charge in [0.05, 0.1) is 21.9 Å². The summed E-state index contributed by atoms with van der Waals surface area (Å²) in [5, 5.41) is 4.01. The second-order valence-corrected chi connectivity index (χ2v) is 6.06. The van der Waals surface area contributed by atoms with Gasteiger partial charge in [-0.3, -0.25) is 4.98 Å². The van der Waals surface area contributed by atoms with E-state index in [0.29, 0.717) is 5.58 Å². The molecule has 5 nitrogen and oxygen atoms in total. The third-order valence-electron chi connectivity index (χ3n) is 4.79. The first-order valence-electron chi connectivity index (χ1n) is 7.77. The molecule has 3 N–H and O–H groups in total. The van der Waals surface area contributed by atoms with Crippen LogP contribution in [0.5, 0.6) is 0 Å². The summed E-state index contributed by atoms with van der Waals surface area (Å²) in [5.74, 6) is -0.436. The van der Waals surface area contributed by atoms with Gasteiger partial charge in [0.25, 0.3) is 0 Å². The van der Waals surface area contributed by atoms with Crippen molar-refractivity contribution >= 4 is 54.7 Å². The molecule has 0 saturated heterocycles. The maximum atomic E-state index is 11.9. The van der Waals surface area contributed by atoms with Gasteiger partial charge in [-0.2, -0.15) is 0 Å². The van der Waals surface area contributed by atoms with Gasteiger partial charge in [0.15, 0.2) is 5.58 Å². The molecule has 5 heteroatoms. The van der Waals surface area contributed by atoms with E-state index < -0.39 is 5.76 Å². The Labute approximate surface area is 133 Å². The summed E-state index contributed by atoms with van der Waals surface area (Å²) in [5.41, 5.74) is 5.32. The molecule has 0 spiro atoms. The van der Waals surface area contributed by atoms with Crippen molar-refractivity contribution in [1.82, 2.24) is 15.0 Å². The molecule has 0 aliphatic rings. The predicted octanol–water partition coefficient (Wildman–Crippen LogP) is 4.39. The maximum absolute atomic E-state index is 11.9. The number of para-hydroxylation sites is 2. The van der Waals surface area contributed by atoms with Crippen LogP contribution in [0.25, 0.3) is 54.7 Å². The molecule has 0 bridgehead atoms. The highest BCUT2D eigenvalue weighted by atomic mass is 16.4. The van der Waals surface area contributed by atoms with E-state index in [1.807, 2.05) is 48.5 Å². The van der Waals surface area contributed by atoms with Gasteiger partial charge in [0.1, 0.15) is 0 Å². The summed E-state index contributed by atoms with van der Waals surface area (Å²) in [4.78, 5) is 21.8. The highest BCUT2D eigenvalue weighted by molar-refractivity contribution is 6.33. The lowest BCUT2D eigenvalue weighted by Gasteiger charge is -1.97. The Kier molecular flexibility index (Phi) is 1.95. The van der Waals surface area contributed by atoms with Gasteiger partial charge < -0.3 is 14.4 Å². The number of benzene rings is 3. The topological polar surface area (TPSA) is 77.6 Å². The van der Waals surface area contributed by atoms with Crippen LogP contribution in [0, 0.1) is 0 Å². The minimum Gasteiger partial charge on any atom is -0.407 e. The molecule has 24 heavy (non-hydrogen) atoms. The van der Waals surface area contributed by atoms with Gasteiger partial charge in [-0.15, -0.1) is 0 Å². The first-order valence-corrected chi connectivity index (χ1v) is 7.77. The van der Waals surface area contributed by atoms with Crippen LogP contribution >= 0.6 is 0 Å². The Morgan fingerprint density at radius 1 is 0.667 bits per heavy atom. The number of nitrogens with one attached hydrogen (secondary N) is 3. The van der Waals surface area contributed by atoms with Crippen LogP contribution in [0.1, 0.15) is 0 Å². The average molecular weight is 313 g/mol. The third kappa shape index (κ3) is 1.29. The molecule has 3 heterocycles. The molecule has 3 aromatic carbocycles. The number of hydrogen-bond acceptors (Lipinski definition) is 2. The number of rotatable bonds is 0. The second kappa shape index (κ2) is 3.89. The zero-order valence-electron chi connectivity index (χ0n) is 12.4. The smallest absolute Gasteiger partial charge is 0.407 e. The minimum absolute atomic E-state index is 0.436. The predicted molar refractivity (Wildman–Crippen MR) is 95.6 cm³/mol. The van der Waals surface area contributed by atoms with E-state index in [1.54, 1.807) is 0 Å². The molecule has 0 saturated carbocycles. The molecular formula is C19H11N3O2. The van der Waals surface area contributed by atoms with Crippen LogP contribution in [0.2, 0.25) is 0 Å². The Bertz CT molecular complexity index is 1370. The van der Waals surface area contributed by atoms with Gasteiger partial charge in [-0.1, -0.05) is 36.4 Å². The Morgan fingerprint density at radius 2 is 1.25 bits per heavy atom. The highest BCUT2D eigenvalue weighted by Crippen LogP contribution is 2.40. The Morgan fingerprint density at radius 3 is 1.96 bits per heavy atom. The summed E-state index contributed by atoms with van der Waals surface area (Å²) in [6.45, 7) is 0. The van der Waals surface area contributed by atoms with Crippen LogP contribution in [0.4, 0.5) is 0 Å². The lowest BCUT2D eigenvalue weighted by atomic mass is 10.1. The number of hydrogen-bond donors (Lipinski definition) is 3. The van der Waals surface area contributed by atoms with Crippen molar-refractivity contribution in [2.45, 2.75) is 0 Å². The third-order valence-corrected chi connectivity index (χ3v) is 4.79. The lowest BCUT2D eigenvalue weighted by Crippen LogP contribution is -1.93. The van der Waals surface area contributed by atoms with E-state index in [2.05, 4.69) is 15.0 Å². The van der Waals surface area contributed by atoms with E-state index in [9.17, 15) is 4.79 Å². The molecule has 0 amide bonds. The largest absolute Gasteiger partial charge is 0.417 e. The zero-order valence-corrected chi connectivity index (χ0v) is 12.4. The molecule has 0 unspecified atom stereocenters. The summed E-state index contributed by atoms with van der Waals surface area (Å²) in [7, 11) is 0. The van der Waals surface area contributed by atoms with E-state index in [0.717, 1.165) is 49.1 Å². The average Bonchev–Trinajstić information content (AvgIpc) is 3.25. The lowest BCUT2D eigenvalue weighted by molar-refractivity contribution is 0.558. The summed E-state index contributed by atoms with van der Waals surface area (Å²) >= 11 is 0. The fraction of sp³-hybridized carbons (Fsp3) is 0. The van der Waals surface area contributed by atoms with Gasteiger partial charge in [-0.05, 0) is 12.1 Å². The molecule has 114 valence electrons. The first kappa shape index (κ1) is 12.0. The van der Waals surface area contributed by atoms with E-state index in [4.69, 9.17) is 4.42 Å². The quantitative estimate of drug-likeness (QED) is 0.389. The van der Waals surface area contributed by atoms with E-state index in [-0.39, 0.29) is 0 Å². The fourth-order valence-electron chi connectivity index (χ4n) is 3.83. The van der Waals surface area contributed by atoms with Crippen LogP contribution < -0.4 is 5.76 Å².